The van der Waals surface area contributed by atoms with E-state index in [1.165, 1.54) is 6.42 Å². The van der Waals surface area contributed by atoms with E-state index in [1.54, 1.807) is 24.4 Å². The molecule has 0 bridgehead atoms. The van der Waals surface area contributed by atoms with E-state index >= 15 is 0 Å². The van der Waals surface area contributed by atoms with Gasteiger partial charge in [-0.15, -0.1) is 0 Å². The Morgan fingerprint density at radius 2 is 1.72 bits per heavy atom. The lowest BCUT2D eigenvalue weighted by Crippen LogP contribution is -2.41. The van der Waals surface area contributed by atoms with Gasteiger partial charge < -0.3 is 10.6 Å². The fraction of sp³-hybridized carbons (Fsp3) is 0.292. The minimum Gasteiger partial charge on any atom is -0.348 e. The molecule has 0 radical (unpaired) electrons. The molecule has 1 aliphatic rings. The SMILES string of the molecule is CC1CCCCC1NC(=O)c1ncccc1NC(=O)c1cccc2ccccc12. The van der Waals surface area contributed by atoms with Gasteiger partial charge in [0, 0.05) is 17.8 Å². The lowest BCUT2D eigenvalue weighted by atomic mass is 9.86. The summed E-state index contributed by atoms with van der Waals surface area (Å²) in [5.74, 6) is -0.0439. The van der Waals surface area contributed by atoms with Crippen molar-refractivity contribution in [3.63, 3.8) is 0 Å². The van der Waals surface area contributed by atoms with Crippen molar-refractivity contribution in [2.75, 3.05) is 5.32 Å². The molecule has 3 aromatic rings. The van der Waals surface area contributed by atoms with Gasteiger partial charge in [-0.05, 0) is 47.7 Å². The average molecular weight is 387 g/mol. The molecule has 29 heavy (non-hydrogen) atoms. The Bertz CT molecular complexity index is 1040. The van der Waals surface area contributed by atoms with Gasteiger partial charge in [-0.3, -0.25) is 9.59 Å². The average Bonchev–Trinajstić information content (AvgIpc) is 2.75. The first-order valence-electron chi connectivity index (χ1n) is 10.2. The van der Waals surface area contributed by atoms with Crippen molar-refractivity contribution in [3.05, 3.63) is 72.1 Å². The fourth-order valence-electron chi connectivity index (χ4n) is 4.07. The second kappa shape index (κ2) is 8.43. The molecule has 2 amide bonds. The summed E-state index contributed by atoms with van der Waals surface area (Å²) in [6, 6.07) is 17.0. The summed E-state index contributed by atoms with van der Waals surface area (Å²) in [5.41, 5.74) is 1.24. The van der Waals surface area contributed by atoms with Crippen molar-refractivity contribution < 1.29 is 9.59 Å². The van der Waals surface area contributed by atoms with Crippen LogP contribution in [0.3, 0.4) is 0 Å². The summed E-state index contributed by atoms with van der Waals surface area (Å²) < 4.78 is 0. The molecule has 5 heteroatoms. The summed E-state index contributed by atoms with van der Waals surface area (Å²) in [7, 11) is 0. The lowest BCUT2D eigenvalue weighted by molar-refractivity contribution is 0.0906. The van der Waals surface area contributed by atoms with Crippen LogP contribution in [0.1, 0.15) is 53.5 Å². The van der Waals surface area contributed by atoms with Crippen LogP contribution < -0.4 is 10.6 Å². The van der Waals surface area contributed by atoms with E-state index in [2.05, 4.69) is 22.5 Å². The number of hydrogen-bond acceptors (Lipinski definition) is 3. The van der Waals surface area contributed by atoms with Gasteiger partial charge in [0.1, 0.15) is 0 Å². The zero-order valence-electron chi connectivity index (χ0n) is 16.5. The summed E-state index contributed by atoms with van der Waals surface area (Å²) >= 11 is 0. The Labute approximate surface area is 170 Å². The summed E-state index contributed by atoms with van der Waals surface area (Å²) in [4.78, 5) is 30.1. The number of anilines is 1. The predicted octanol–water partition coefficient (Wildman–Crippen LogP) is 4.80. The van der Waals surface area contributed by atoms with E-state index in [0.717, 1.165) is 30.0 Å². The number of amides is 2. The number of nitrogens with zero attached hydrogens (tertiary/aromatic N) is 1. The zero-order chi connectivity index (χ0) is 20.2. The van der Waals surface area contributed by atoms with Crippen molar-refractivity contribution in [2.45, 2.75) is 38.6 Å². The van der Waals surface area contributed by atoms with Gasteiger partial charge in [0.25, 0.3) is 11.8 Å². The quantitative estimate of drug-likeness (QED) is 0.676. The molecule has 1 aromatic heterocycles. The Hall–Kier alpha value is -3.21. The summed E-state index contributed by atoms with van der Waals surface area (Å²) in [6.45, 7) is 2.17. The maximum Gasteiger partial charge on any atom is 0.272 e. The maximum atomic E-state index is 13.0. The van der Waals surface area contributed by atoms with Gasteiger partial charge in [0.15, 0.2) is 5.69 Å². The van der Waals surface area contributed by atoms with Gasteiger partial charge >= 0.3 is 0 Å². The molecule has 2 aromatic carbocycles. The van der Waals surface area contributed by atoms with Crippen molar-refractivity contribution in [1.82, 2.24) is 10.3 Å². The number of hydrogen-bond donors (Lipinski definition) is 2. The van der Waals surface area contributed by atoms with Crippen LogP contribution in [0.25, 0.3) is 10.8 Å². The molecule has 2 N–H and O–H groups in total. The van der Waals surface area contributed by atoms with Crippen molar-refractivity contribution in [2.24, 2.45) is 5.92 Å². The molecule has 4 rings (SSSR count). The molecule has 5 nitrogen and oxygen atoms in total. The van der Waals surface area contributed by atoms with Gasteiger partial charge in [-0.1, -0.05) is 56.2 Å². The number of rotatable bonds is 4. The van der Waals surface area contributed by atoms with Crippen molar-refractivity contribution in [3.8, 4) is 0 Å². The highest BCUT2D eigenvalue weighted by atomic mass is 16.2. The highest BCUT2D eigenvalue weighted by molar-refractivity contribution is 6.14. The molecule has 1 saturated carbocycles. The van der Waals surface area contributed by atoms with E-state index < -0.39 is 0 Å². The molecule has 148 valence electrons. The first-order chi connectivity index (χ1) is 14.1. The fourth-order valence-corrected chi connectivity index (χ4v) is 4.07. The minimum absolute atomic E-state index is 0.153. The number of benzene rings is 2. The predicted molar refractivity (Wildman–Crippen MR) is 115 cm³/mol. The molecule has 0 saturated heterocycles. The van der Waals surface area contributed by atoms with Crippen molar-refractivity contribution >= 4 is 28.3 Å². The van der Waals surface area contributed by atoms with Crippen LogP contribution in [0.2, 0.25) is 0 Å². The molecule has 2 atom stereocenters. The number of nitrogens with one attached hydrogen (secondary N) is 2. The van der Waals surface area contributed by atoms with E-state index in [4.69, 9.17) is 0 Å². The lowest BCUT2D eigenvalue weighted by Gasteiger charge is -2.29. The van der Waals surface area contributed by atoms with Crippen LogP contribution in [0.5, 0.6) is 0 Å². The van der Waals surface area contributed by atoms with Gasteiger partial charge in [0.05, 0.1) is 5.69 Å². The topological polar surface area (TPSA) is 71.1 Å². The zero-order valence-corrected chi connectivity index (χ0v) is 16.5. The number of carbonyl (C=O) groups excluding carboxylic acids is 2. The van der Waals surface area contributed by atoms with Crippen LogP contribution >= 0.6 is 0 Å². The largest absolute Gasteiger partial charge is 0.348 e. The standard InChI is InChI=1S/C24H25N3O2/c1-16-8-2-5-13-20(16)26-24(29)22-21(14-7-15-25-22)27-23(28)19-12-6-10-17-9-3-4-11-18(17)19/h3-4,6-7,9-12,14-16,20H,2,5,8,13H2,1H3,(H,26,29)(H,27,28). The second-order valence-corrected chi connectivity index (χ2v) is 7.72. The Morgan fingerprint density at radius 1 is 0.931 bits per heavy atom. The van der Waals surface area contributed by atoms with Gasteiger partial charge in [-0.25, -0.2) is 4.98 Å². The molecule has 1 heterocycles. The van der Waals surface area contributed by atoms with E-state index in [9.17, 15) is 9.59 Å². The number of pyridine rings is 1. The Kier molecular flexibility index (Phi) is 5.56. The van der Waals surface area contributed by atoms with E-state index in [0.29, 0.717) is 17.2 Å². The minimum atomic E-state index is -0.255. The Morgan fingerprint density at radius 3 is 2.59 bits per heavy atom. The van der Waals surface area contributed by atoms with Crippen molar-refractivity contribution in [1.29, 1.82) is 0 Å². The molecule has 0 aliphatic heterocycles. The Balaban J connectivity index is 1.56. The molecule has 2 unspecified atom stereocenters. The molecular formula is C24H25N3O2. The van der Waals surface area contributed by atoms with Crippen LogP contribution in [-0.4, -0.2) is 22.8 Å². The third-order valence-electron chi connectivity index (χ3n) is 5.73. The van der Waals surface area contributed by atoms with Crippen LogP contribution in [-0.2, 0) is 0 Å². The number of carbonyl (C=O) groups is 2. The maximum absolute atomic E-state index is 13.0. The van der Waals surface area contributed by atoms with Crippen LogP contribution in [0.15, 0.2) is 60.8 Å². The third-order valence-corrected chi connectivity index (χ3v) is 5.73. The van der Waals surface area contributed by atoms with Crippen LogP contribution in [0.4, 0.5) is 5.69 Å². The van der Waals surface area contributed by atoms with E-state index in [1.807, 2.05) is 36.4 Å². The normalized spacial score (nSPS) is 18.9. The molecule has 1 aliphatic carbocycles. The van der Waals surface area contributed by atoms with Gasteiger partial charge in [-0.2, -0.15) is 0 Å². The highest BCUT2D eigenvalue weighted by Gasteiger charge is 2.25. The number of fused-ring (bicyclic) bond motifs is 1. The molecule has 0 spiro atoms. The summed E-state index contributed by atoms with van der Waals surface area (Å²) in [5, 5.41) is 7.87. The second-order valence-electron chi connectivity index (χ2n) is 7.72. The first kappa shape index (κ1) is 19.1. The third kappa shape index (κ3) is 4.14. The molecule has 1 fully saturated rings. The highest BCUT2D eigenvalue weighted by Crippen LogP contribution is 2.25. The smallest absolute Gasteiger partial charge is 0.272 e. The van der Waals surface area contributed by atoms with E-state index in [-0.39, 0.29) is 23.6 Å². The van der Waals surface area contributed by atoms with Gasteiger partial charge in [0.2, 0.25) is 0 Å². The van der Waals surface area contributed by atoms with Crippen LogP contribution in [0, 0.1) is 5.92 Å². The monoisotopic (exact) mass is 387 g/mol. The first-order valence-corrected chi connectivity index (χ1v) is 10.2. The number of aromatic nitrogens is 1. The summed E-state index contributed by atoms with van der Waals surface area (Å²) in [6.07, 6.45) is 6.02. The molecular weight excluding hydrogens is 362 g/mol.